The number of aryl methyl sites for hydroxylation is 2. The average Bonchev–Trinajstić information content (AvgIpc) is 2.30. The van der Waals surface area contributed by atoms with Crippen molar-refractivity contribution < 1.29 is 4.79 Å². The van der Waals surface area contributed by atoms with Crippen molar-refractivity contribution in [2.45, 2.75) is 33.6 Å². The number of rotatable bonds is 3. The van der Waals surface area contributed by atoms with Gasteiger partial charge in [-0.1, -0.05) is 6.92 Å². The maximum Gasteiger partial charge on any atom is 0.173 e. The number of hydrogen-bond donors (Lipinski definition) is 0. The van der Waals surface area contributed by atoms with Gasteiger partial charge in [-0.15, -0.1) is 11.3 Å². The molecule has 0 amide bonds. The number of thiophene rings is 1. The molecule has 1 aromatic heterocycles. The lowest BCUT2D eigenvalue weighted by Crippen LogP contribution is -1.95. The lowest BCUT2D eigenvalue weighted by molar-refractivity contribution is 0.0985. The lowest BCUT2D eigenvalue weighted by atomic mass is 10.1. The van der Waals surface area contributed by atoms with Gasteiger partial charge in [-0.25, -0.2) is 0 Å². The van der Waals surface area contributed by atoms with Gasteiger partial charge in [0.1, 0.15) is 0 Å². The lowest BCUT2D eigenvalue weighted by Gasteiger charge is -1.95. The topological polar surface area (TPSA) is 17.1 Å². The largest absolute Gasteiger partial charge is 0.293 e. The molecule has 66 valence electrons. The van der Waals surface area contributed by atoms with Crippen LogP contribution in [0.1, 0.15) is 39.9 Å². The van der Waals surface area contributed by atoms with Crippen molar-refractivity contribution in [2.24, 2.45) is 0 Å². The van der Waals surface area contributed by atoms with Crippen LogP contribution in [0.2, 0.25) is 0 Å². The SMILES string of the molecule is CCCC(=O)c1sc(C)cc1C. The highest BCUT2D eigenvalue weighted by Crippen LogP contribution is 2.22. The first kappa shape index (κ1) is 9.46. The minimum atomic E-state index is 0.299. The molecule has 0 aliphatic rings. The van der Waals surface area contributed by atoms with Crippen LogP contribution in [-0.2, 0) is 0 Å². The van der Waals surface area contributed by atoms with Crippen molar-refractivity contribution in [1.82, 2.24) is 0 Å². The Morgan fingerprint density at radius 2 is 2.17 bits per heavy atom. The second kappa shape index (κ2) is 3.85. The van der Waals surface area contributed by atoms with Gasteiger partial charge in [0.05, 0.1) is 4.88 Å². The van der Waals surface area contributed by atoms with E-state index in [0.717, 1.165) is 16.9 Å². The van der Waals surface area contributed by atoms with Gasteiger partial charge in [0.2, 0.25) is 0 Å². The summed E-state index contributed by atoms with van der Waals surface area (Å²) < 4.78 is 0. The molecule has 0 saturated heterocycles. The Bertz CT molecular complexity index is 286. The third-order valence-corrected chi connectivity index (χ3v) is 2.96. The van der Waals surface area contributed by atoms with Crippen LogP contribution in [0.3, 0.4) is 0 Å². The van der Waals surface area contributed by atoms with Crippen molar-refractivity contribution in [3.63, 3.8) is 0 Å². The van der Waals surface area contributed by atoms with E-state index in [4.69, 9.17) is 0 Å². The molecular weight excluding hydrogens is 168 g/mol. The van der Waals surface area contributed by atoms with Crippen molar-refractivity contribution in [2.75, 3.05) is 0 Å². The monoisotopic (exact) mass is 182 g/mol. The van der Waals surface area contributed by atoms with Crippen LogP contribution in [-0.4, -0.2) is 5.78 Å². The first-order valence-corrected chi connectivity index (χ1v) is 5.07. The van der Waals surface area contributed by atoms with Crippen molar-refractivity contribution in [3.8, 4) is 0 Å². The summed E-state index contributed by atoms with van der Waals surface area (Å²) in [5.41, 5.74) is 1.14. The van der Waals surface area contributed by atoms with Crippen LogP contribution in [0.25, 0.3) is 0 Å². The molecule has 0 saturated carbocycles. The summed E-state index contributed by atoms with van der Waals surface area (Å²) in [5.74, 6) is 0.299. The van der Waals surface area contributed by atoms with E-state index in [9.17, 15) is 4.79 Å². The molecule has 1 aromatic rings. The highest BCUT2D eigenvalue weighted by Gasteiger charge is 2.10. The summed E-state index contributed by atoms with van der Waals surface area (Å²) in [6.45, 7) is 6.08. The van der Waals surface area contributed by atoms with Gasteiger partial charge in [-0.2, -0.15) is 0 Å². The number of hydrogen-bond acceptors (Lipinski definition) is 2. The maximum absolute atomic E-state index is 11.5. The fraction of sp³-hybridized carbons (Fsp3) is 0.500. The molecule has 0 radical (unpaired) electrons. The molecule has 0 atom stereocenters. The van der Waals surface area contributed by atoms with E-state index in [1.807, 2.05) is 20.8 Å². The molecule has 1 heterocycles. The smallest absolute Gasteiger partial charge is 0.173 e. The van der Waals surface area contributed by atoms with Gasteiger partial charge in [-0.3, -0.25) is 4.79 Å². The molecule has 0 aromatic carbocycles. The number of carbonyl (C=O) groups excluding carboxylic acids is 1. The van der Waals surface area contributed by atoms with Crippen LogP contribution in [0.15, 0.2) is 6.07 Å². The Morgan fingerprint density at radius 1 is 1.50 bits per heavy atom. The van der Waals surface area contributed by atoms with Crippen molar-refractivity contribution >= 4 is 17.1 Å². The van der Waals surface area contributed by atoms with Gasteiger partial charge in [-0.05, 0) is 31.9 Å². The van der Waals surface area contributed by atoms with E-state index in [-0.39, 0.29) is 0 Å². The fourth-order valence-electron chi connectivity index (χ4n) is 1.26. The molecule has 2 heteroatoms. The Labute approximate surface area is 77.4 Å². The van der Waals surface area contributed by atoms with E-state index in [2.05, 4.69) is 6.07 Å². The van der Waals surface area contributed by atoms with E-state index in [1.54, 1.807) is 11.3 Å². The molecule has 0 spiro atoms. The van der Waals surface area contributed by atoms with Crippen LogP contribution in [0, 0.1) is 13.8 Å². The van der Waals surface area contributed by atoms with Crippen LogP contribution >= 0.6 is 11.3 Å². The maximum atomic E-state index is 11.5. The molecule has 12 heavy (non-hydrogen) atoms. The minimum Gasteiger partial charge on any atom is -0.293 e. The van der Waals surface area contributed by atoms with Crippen LogP contribution in [0.4, 0.5) is 0 Å². The van der Waals surface area contributed by atoms with Gasteiger partial charge in [0.25, 0.3) is 0 Å². The van der Waals surface area contributed by atoms with Crippen molar-refractivity contribution in [3.05, 3.63) is 21.4 Å². The zero-order valence-electron chi connectivity index (χ0n) is 7.81. The summed E-state index contributed by atoms with van der Waals surface area (Å²) in [5, 5.41) is 0. The Balaban J connectivity index is 2.87. The fourth-order valence-corrected chi connectivity index (χ4v) is 2.25. The van der Waals surface area contributed by atoms with E-state index >= 15 is 0 Å². The van der Waals surface area contributed by atoms with Crippen molar-refractivity contribution in [1.29, 1.82) is 0 Å². The summed E-state index contributed by atoms with van der Waals surface area (Å²) in [6, 6.07) is 2.08. The third-order valence-electron chi connectivity index (χ3n) is 1.77. The van der Waals surface area contributed by atoms with Crippen LogP contribution in [0.5, 0.6) is 0 Å². The molecule has 0 bridgehead atoms. The Kier molecular flexibility index (Phi) is 3.04. The van der Waals surface area contributed by atoms with E-state index in [1.165, 1.54) is 4.88 Å². The standard InChI is InChI=1S/C10H14OS/c1-4-5-9(11)10-7(2)6-8(3)12-10/h6H,4-5H2,1-3H3. The van der Waals surface area contributed by atoms with Gasteiger partial charge in [0.15, 0.2) is 5.78 Å². The van der Waals surface area contributed by atoms with Gasteiger partial charge < -0.3 is 0 Å². The Hall–Kier alpha value is -0.630. The number of Topliss-reactive ketones (excluding diaryl/α,β-unsaturated/α-hetero) is 1. The van der Waals surface area contributed by atoms with E-state index < -0.39 is 0 Å². The molecule has 0 aliphatic carbocycles. The second-order valence-electron chi connectivity index (χ2n) is 3.04. The van der Waals surface area contributed by atoms with Gasteiger partial charge >= 0.3 is 0 Å². The number of ketones is 1. The minimum absolute atomic E-state index is 0.299. The quantitative estimate of drug-likeness (QED) is 0.655. The zero-order valence-corrected chi connectivity index (χ0v) is 8.62. The first-order chi connectivity index (χ1) is 5.65. The van der Waals surface area contributed by atoms with Gasteiger partial charge in [0, 0.05) is 11.3 Å². The molecule has 0 unspecified atom stereocenters. The summed E-state index contributed by atoms with van der Waals surface area (Å²) in [6.07, 6.45) is 1.62. The highest BCUT2D eigenvalue weighted by molar-refractivity contribution is 7.14. The Morgan fingerprint density at radius 3 is 2.58 bits per heavy atom. The summed E-state index contributed by atoms with van der Waals surface area (Å²) in [7, 11) is 0. The normalized spacial score (nSPS) is 10.2. The summed E-state index contributed by atoms with van der Waals surface area (Å²) in [4.78, 5) is 13.7. The molecule has 1 rings (SSSR count). The first-order valence-electron chi connectivity index (χ1n) is 4.25. The predicted octanol–water partition coefficient (Wildman–Crippen LogP) is 3.35. The third kappa shape index (κ3) is 1.95. The molecule has 0 aliphatic heterocycles. The predicted molar refractivity (Wildman–Crippen MR) is 53.0 cm³/mol. The molecule has 0 fully saturated rings. The van der Waals surface area contributed by atoms with E-state index in [0.29, 0.717) is 12.2 Å². The molecule has 0 N–H and O–H groups in total. The second-order valence-corrected chi connectivity index (χ2v) is 4.30. The zero-order chi connectivity index (χ0) is 9.14. The highest BCUT2D eigenvalue weighted by atomic mass is 32.1. The molecule has 1 nitrogen and oxygen atoms in total. The average molecular weight is 182 g/mol. The number of carbonyl (C=O) groups is 1. The van der Waals surface area contributed by atoms with Crippen LogP contribution < -0.4 is 0 Å². The molecular formula is C10H14OS. The summed E-state index contributed by atoms with van der Waals surface area (Å²) >= 11 is 1.61.